The standard InChI is InChI=1S/C6H11NO5S/c8-5-3-13(11,12)2-4(5)7-1-6(9)10/h4-5,7-8H,1-3H2,(H,9,10)/t4?,5-/m1/s1. The van der Waals surface area contributed by atoms with Crippen LogP contribution < -0.4 is 5.32 Å². The van der Waals surface area contributed by atoms with Gasteiger partial charge in [0.25, 0.3) is 0 Å². The Morgan fingerprint density at radius 3 is 2.46 bits per heavy atom. The zero-order valence-electron chi connectivity index (χ0n) is 6.80. The van der Waals surface area contributed by atoms with Crippen LogP contribution in [0.15, 0.2) is 0 Å². The molecule has 1 saturated heterocycles. The Balaban J connectivity index is 2.49. The van der Waals surface area contributed by atoms with E-state index in [-0.39, 0.29) is 18.1 Å². The fourth-order valence-electron chi connectivity index (χ4n) is 1.24. The van der Waals surface area contributed by atoms with Crippen molar-refractivity contribution in [2.75, 3.05) is 18.1 Å². The van der Waals surface area contributed by atoms with Gasteiger partial charge in [0.2, 0.25) is 0 Å². The number of nitrogens with one attached hydrogen (secondary N) is 1. The summed E-state index contributed by atoms with van der Waals surface area (Å²) >= 11 is 0. The molecule has 0 aliphatic carbocycles. The number of carbonyl (C=O) groups is 1. The normalized spacial score (nSPS) is 31.8. The van der Waals surface area contributed by atoms with E-state index in [0.29, 0.717) is 0 Å². The van der Waals surface area contributed by atoms with Crippen molar-refractivity contribution in [3.8, 4) is 0 Å². The molecule has 6 nitrogen and oxygen atoms in total. The minimum absolute atomic E-state index is 0.193. The monoisotopic (exact) mass is 209 g/mol. The van der Waals surface area contributed by atoms with Crippen LogP contribution in [-0.4, -0.2) is 54.8 Å². The lowest BCUT2D eigenvalue weighted by atomic mass is 10.2. The number of aliphatic hydroxyl groups excluding tert-OH is 1. The summed E-state index contributed by atoms with van der Waals surface area (Å²) in [5.41, 5.74) is 0. The van der Waals surface area contributed by atoms with Gasteiger partial charge in [0, 0.05) is 6.04 Å². The number of carboxylic acids is 1. The lowest BCUT2D eigenvalue weighted by Gasteiger charge is -2.12. The van der Waals surface area contributed by atoms with Gasteiger partial charge in [-0.1, -0.05) is 0 Å². The molecule has 76 valence electrons. The molecule has 1 heterocycles. The van der Waals surface area contributed by atoms with Crippen molar-refractivity contribution >= 4 is 15.8 Å². The summed E-state index contributed by atoms with van der Waals surface area (Å²) in [4.78, 5) is 10.1. The van der Waals surface area contributed by atoms with Crippen LogP contribution in [0.5, 0.6) is 0 Å². The molecule has 1 fully saturated rings. The van der Waals surface area contributed by atoms with E-state index < -0.39 is 28.0 Å². The van der Waals surface area contributed by atoms with Crippen LogP contribution in [0.2, 0.25) is 0 Å². The van der Waals surface area contributed by atoms with Gasteiger partial charge in [-0.15, -0.1) is 0 Å². The van der Waals surface area contributed by atoms with Crippen LogP contribution >= 0.6 is 0 Å². The summed E-state index contributed by atoms with van der Waals surface area (Å²) in [5, 5.41) is 20.0. The van der Waals surface area contributed by atoms with Crippen LogP contribution in [-0.2, 0) is 14.6 Å². The molecule has 0 spiro atoms. The second kappa shape index (κ2) is 3.60. The molecule has 2 atom stereocenters. The quantitative estimate of drug-likeness (QED) is 0.488. The minimum atomic E-state index is -3.20. The lowest BCUT2D eigenvalue weighted by molar-refractivity contribution is -0.136. The third kappa shape index (κ3) is 2.94. The van der Waals surface area contributed by atoms with Crippen molar-refractivity contribution in [1.29, 1.82) is 0 Å². The van der Waals surface area contributed by atoms with Crippen LogP contribution in [0.4, 0.5) is 0 Å². The average Bonchev–Trinajstić information content (AvgIpc) is 2.20. The Morgan fingerprint density at radius 1 is 1.46 bits per heavy atom. The zero-order valence-corrected chi connectivity index (χ0v) is 7.62. The summed E-state index contributed by atoms with van der Waals surface area (Å²) in [6, 6.07) is -0.652. The number of hydrogen-bond donors (Lipinski definition) is 3. The van der Waals surface area contributed by atoms with Crippen molar-refractivity contribution in [2.45, 2.75) is 12.1 Å². The maximum absolute atomic E-state index is 10.9. The summed E-state index contributed by atoms with van der Waals surface area (Å²) in [7, 11) is -3.20. The molecule has 0 amide bonds. The highest BCUT2D eigenvalue weighted by atomic mass is 32.2. The van der Waals surface area contributed by atoms with Crippen LogP contribution in [0.1, 0.15) is 0 Å². The number of sulfone groups is 1. The second-order valence-electron chi connectivity index (χ2n) is 3.03. The van der Waals surface area contributed by atoms with Crippen LogP contribution in [0.25, 0.3) is 0 Å². The molecule has 7 heteroatoms. The van der Waals surface area contributed by atoms with Gasteiger partial charge in [-0.05, 0) is 0 Å². The molecular weight excluding hydrogens is 198 g/mol. The Bertz CT molecular complexity index is 298. The van der Waals surface area contributed by atoms with Crippen molar-refractivity contribution in [3.05, 3.63) is 0 Å². The number of hydrogen-bond acceptors (Lipinski definition) is 5. The first-order valence-corrected chi connectivity index (χ1v) is 5.56. The van der Waals surface area contributed by atoms with Gasteiger partial charge in [0.05, 0.1) is 24.2 Å². The first-order valence-electron chi connectivity index (χ1n) is 3.74. The number of rotatable bonds is 3. The molecule has 3 N–H and O–H groups in total. The summed E-state index contributed by atoms with van der Waals surface area (Å²) < 4.78 is 21.9. The molecule has 13 heavy (non-hydrogen) atoms. The molecule has 0 aromatic carbocycles. The van der Waals surface area contributed by atoms with E-state index in [2.05, 4.69) is 5.32 Å². The van der Waals surface area contributed by atoms with Crippen molar-refractivity contribution in [3.63, 3.8) is 0 Å². The lowest BCUT2D eigenvalue weighted by Crippen LogP contribution is -2.41. The van der Waals surface area contributed by atoms with Gasteiger partial charge in [-0.2, -0.15) is 0 Å². The molecular formula is C6H11NO5S. The Hall–Kier alpha value is -0.660. The summed E-state index contributed by atoms with van der Waals surface area (Å²) in [5.74, 6) is -1.55. The predicted octanol–water partition coefficient (Wildman–Crippen LogP) is -2.18. The van der Waals surface area contributed by atoms with Gasteiger partial charge < -0.3 is 15.5 Å². The number of aliphatic carboxylic acids is 1. The zero-order chi connectivity index (χ0) is 10.1. The molecule has 1 aliphatic heterocycles. The van der Waals surface area contributed by atoms with Crippen LogP contribution in [0.3, 0.4) is 0 Å². The van der Waals surface area contributed by atoms with E-state index in [0.717, 1.165) is 0 Å². The largest absolute Gasteiger partial charge is 0.480 e. The topological polar surface area (TPSA) is 104 Å². The van der Waals surface area contributed by atoms with E-state index in [1.54, 1.807) is 0 Å². The van der Waals surface area contributed by atoms with E-state index in [1.807, 2.05) is 0 Å². The maximum Gasteiger partial charge on any atom is 0.317 e. The number of carboxylic acid groups (broad SMARTS) is 1. The van der Waals surface area contributed by atoms with E-state index in [4.69, 9.17) is 5.11 Å². The average molecular weight is 209 g/mol. The Kier molecular flexibility index (Phi) is 2.89. The molecule has 0 bridgehead atoms. The SMILES string of the molecule is O=C(O)CNC1CS(=O)(=O)C[C@H]1O. The molecule has 1 unspecified atom stereocenters. The highest BCUT2D eigenvalue weighted by Gasteiger charge is 2.36. The van der Waals surface area contributed by atoms with E-state index in [9.17, 15) is 18.3 Å². The highest BCUT2D eigenvalue weighted by Crippen LogP contribution is 2.11. The maximum atomic E-state index is 10.9. The summed E-state index contributed by atoms with van der Waals surface area (Å²) in [6.45, 7) is -0.336. The molecule has 1 aliphatic rings. The first-order chi connectivity index (χ1) is 5.91. The fourth-order valence-corrected chi connectivity index (χ4v) is 3.02. The van der Waals surface area contributed by atoms with Gasteiger partial charge in [-0.3, -0.25) is 4.79 Å². The van der Waals surface area contributed by atoms with Gasteiger partial charge >= 0.3 is 5.97 Å². The third-order valence-corrected chi connectivity index (χ3v) is 3.55. The van der Waals surface area contributed by atoms with Crippen molar-refractivity contribution in [2.24, 2.45) is 0 Å². The molecule has 0 radical (unpaired) electrons. The highest BCUT2D eigenvalue weighted by molar-refractivity contribution is 7.91. The molecule has 0 saturated carbocycles. The van der Waals surface area contributed by atoms with Crippen molar-refractivity contribution in [1.82, 2.24) is 5.32 Å². The van der Waals surface area contributed by atoms with E-state index >= 15 is 0 Å². The van der Waals surface area contributed by atoms with Gasteiger partial charge in [-0.25, -0.2) is 8.42 Å². The minimum Gasteiger partial charge on any atom is -0.480 e. The molecule has 1 rings (SSSR count). The van der Waals surface area contributed by atoms with Gasteiger partial charge in [0.15, 0.2) is 9.84 Å². The second-order valence-corrected chi connectivity index (χ2v) is 5.18. The summed E-state index contributed by atoms with van der Waals surface area (Å²) in [6.07, 6.45) is -0.996. The molecule has 0 aromatic heterocycles. The predicted molar refractivity (Wildman–Crippen MR) is 44.1 cm³/mol. The van der Waals surface area contributed by atoms with Gasteiger partial charge in [0.1, 0.15) is 0 Å². The number of aliphatic hydroxyl groups is 1. The van der Waals surface area contributed by atoms with Crippen LogP contribution in [0, 0.1) is 0 Å². The Labute approximate surface area is 75.5 Å². The smallest absolute Gasteiger partial charge is 0.317 e. The third-order valence-electron chi connectivity index (χ3n) is 1.84. The fraction of sp³-hybridized carbons (Fsp3) is 0.833. The first kappa shape index (κ1) is 10.4. The Morgan fingerprint density at radius 2 is 2.08 bits per heavy atom. The van der Waals surface area contributed by atoms with E-state index in [1.165, 1.54) is 0 Å². The molecule has 0 aromatic rings. The van der Waals surface area contributed by atoms with Crippen molar-refractivity contribution < 1.29 is 23.4 Å².